The van der Waals surface area contributed by atoms with Crippen LogP contribution in [0.5, 0.6) is 0 Å². The Morgan fingerprint density at radius 1 is 1.43 bits per heavy atom. The molecule has 0 spiro atoms. The zero-order chi connectivity index (χ0) is 10.1. The monoisotopic (exact) mass is 209 g/mol. The number of benzene rings is 1. The predicted octanol–water partition coefficient (Wildman–Crippen LogP) is 2.74. The minimum Gasteiger partial charge on any atom is -0.393 e. The number of hydrogen-bond acceptors (Lipinski definition) is 1. The summed E-state index contributed by atoms with van der Waals surface area (Å²) in [6, 6.07) is 7.74. The summed E-state index contributed by atoms with van der Waals surface area (Å²) in [5.41, 5.74) is 2.10. The highest BCUT2D eigenvalue weighted by Gasteiger charge is 2.03. The van der Waals surface area contributed by atoms with Crippen LogP contribution < -0.4 is 0 Å². The van der Waals surface area contributed by atoms with Crippen LogP contribution in [0.4, 0.5) is 0 Å². The number of H-pyrrole nitrogens is 1. The smallest absolute Gasteiger partial charge is 0.0566 e. The maximum Gasteiger partial charge on any atom is 0.0566 e. The first-order valence-corrected chi connectivity index (χ1v) is 4.98. The number of aliphatic hydroxyl groups excluding tert-OH is 1. The molecule has 2 N–H and O–H groups in total. The van der Waals surface area contributed by atoms with E-state index >= 15 is 0 Å². The molecule has 0 saturated heterocycles. The number of halogens is 1. The fourth-order valence-electron chi connectivity index (χ4n) is 1.59. The fraction of sp³-hybridized carbons (Fsp3) is 0.273. The molecule has 0 amide bonds. The normalized spacial score (nSPS) is 13.4. The van der Waals surface area contributed by atoms with Crippen LogP contribution >= 0.6 is 11.6 Å². The first-order valence-electron chi connectivity index (χ1n) is 4.60. The summed E-state index contributed by atoms with van der Waals surface area (Å²) in [5.74, 6) is 0. The second-order valence-electron chi connectivity index (χ2n) is 3.58. The molecule has 74 valence electrons. The lowest BCUT2D eigenvalue weighted by Gasteiger charge is -1.99. The molecule has 1 atom stereocenters. The lowest BCUT2D eigenvalue weighted by Crippen LogP contribution is -2.03. The molecule has 1 aromatic carbocycles. The number of aromatic nitrogens is 1. The molecule has 3 heteroatoms. The van der Waals surface area contributed by atoms with Crippen molar-refractivity contribution in [1.29, 1.82) is 0 Å². The Hall–Kier alpha value is -0.990. The van der Waals surface area contributed by atoms with Gasteiger partial charge in [-0.2, -0.15) is 0 Å². The van der Waals surface area contributed by atoms with Gasteiger partial charge < -0.3 is 10.1 Å². The van der Waals surface area contributed by atoms with Crippen molar-refractivity contribution in [2.75, 3.05) is 0 Å². The molecule has 1 aromatic heterocycles. The average Bonchev–Trinajstić information content (AvgIpc) is 2.44. The maximum atomic E-state index is 9.24. The Kier molecular flexibility index (Phi) is 2.48. The van der Waals surface area contributed by atoms with Gasteiger partial charge in [0.1, 0.15) is 0 Å². The van der Waals surface area contributed by atoms with Gasteiger partial charge in [-0.1, -0.05) is 11.6 Å². The standard InChI is InChI=1S/C11H12ClNO/c1-7(14)4-10-6-8-5-9(12)2-3-11(8)13-10/h2-3,5-7,13-14H,4H2,1H3. The zero-order valence-electron chi connectivity index (χ0n) is 7.92. The fourth-order valence-corrected chi connectivity index (χ4v) is 1.77. The minimum atomic E-state index is -0.321. The summed E-state index contributed by atoms with van der Waals surface area (Å²) in [5, 5.41) is 11.1. The first kappa shape index (κ1) is 9.56. The summed E-state index contributed by atoms with van der Waals surface area (Å²) >= 11 is 5.87. The highest BCUT2D eigenvalue weighted by molar-refractivity contribution is 6.31. The molecule has 0 radical (unpaired) electrons. The molecule has 2 rings (SSSR count). The molecule has 0 bridgehead atoms. The Morgan fingerprint density at radius 2 is 2.21 bits per heavy atom. The van der Waals surface area contributed by atoms with Crippen molar-refractivity contribution in [3.8, 4) is 0 Å². The molecule has 2 nitrogen and oxygen atoms in total. The lowest BCUT2D eigenvalue weighted by molar-refractivity contribution is 0.194. The Labute approximate surface area is 87.5 Å². The third-order valence-corrected chi connectivity index (χ3v) is 2.39. The van der Waals surface area contributed by atoms with E-state index in [1.54, 1.807) is 6.92 Å². The number of fused-ring (bicyclic) bond motifs is 1. The molecule has 2 aromatic rings. The van der Waals surface area contributed by atoms with Crippen molar-refractivity contribution in [3.05, 3.63) is 35.0 Å². The molecule has 14 heavy (non-hydrogen) atoms. The van der Waals surface area contributed by atoms with Crippen molar-refractivity contribution in [2.45, 2.75) is 19.4 Å². The molecular weight excluding hydrogens is 198 g/mol. The van der Waals surface area contributed by atoms with Gasteiger partial charge in [-0.15, -0.1) is 0 Å². The highest BCUT2D eigenvalue weighted by atomic mass is 35.5. The van der Waals surface area contributed by atoms with Gasteiger partial charge in [0.15, 0.2) is 0 Å². The van der Waals surface area contributed by atoms with Crippen LogP contribution in [0.15, 0.2) is 24.3 Å². The average molecular weight is 210 g/mol. The molecular formula is C11H12ClNO. The summed E-state index contributed by atoms with van der Waals surface area (Å²) in [7, 11) is 0. The third-order valence-electron chi connectivity index (χ3n) is 2.15. The number of aromatic amines is 1. The van der Waals surface area contributed by atoms with Crippen LogP contribution in [0.3, 0.4) is 0 Å². The lowest BCUT2D eigenvalue weighted by atomic mass is 10.2. The van der Waals surface area contributed by atoms with E-state index in [0.29, 0.717) is 6.42 Å². The van der Waals surface area contributed by atoms with Gasteiger partial charge in [-0.25, -0.2) is 0 Å². The van der Waals surface area contributed by atoms with Crippen molar-refractivity contribution < 1.29 is 5.11 Å². The summed E-state index contributed by atoms with van der Waals surface area (Å²) in [6.07, 6.45) is 0.324. The van der Waals surface area contributed by atoms with Gasteiger partial charge in [0.2, 0.25) is 0 Å². The number of hydrogen-bond donors (Lipinski definition) is 2. The van der Waals surface area contributed by atoms with Gasteiger partial charge in [0.25, 0.3) is 0 Å². The van der Waals surface area contributed by atoms with Gasteiger partial charge >= 0.3 is 0 Å². The maximum absolute atomic E-state index is 9.24. The highest BCUT2D eigenvalue weighted by Crippen LogP contribution is 2.20. The molecule has 0 aliphatic rings. The molecule has 0 aliphatic heterocycles. The van der Waals surface area contributed by atoms with E-state index in [0.717, 1.165) is 21.6 Å². The Balaban J connectivity index is 2.41. The van der Waals surface area contributed by atoms with Crippen LogP contribution in [0.1, 0.15) is 12.6 Å². The summed E-state index contributed by atoms with van der Waals surface area (Å²) in [4.78, 5) is 3.24. The van der Waals surface area contributed by atoms with E-state index in [2.05, 4.69) is 4.98 Å². The van der Waals surface area contributed by atoms with Gasteiger partial charge in [0.05, 0.1) is 6.10 Å². The van der Waals surface area contributed by atoms with Crippen LogP contribution in [0, 0.1) is 0 Å². The third kappa shape index (κ3) is 1.91. The van der Waals surface area contributed by atoms with E-state index in [1.807, 2.05) is 24.3 Å². The summed E-state index contributed by atoms with van der Waals surface area (Å²) in [6.45, 7) is 1.78. The van der Waals surface area contributed by atoms with Gasteiger partial charge in [-0.3, -0.25) is 0 Å². The number of nitrogens with one attached hydrogen (secondary N) is 1. The van der Waals surface area contributed by atoms with E-state index in [9.17, 15) is 5.11 Å². The first-order chi connectivity index (χ1) is 6.65. The quantitative estimate of drug-likeness (QED) is 0.784. The molecule has 1 unspecified atom stereocenters. The number of rotatable bonds is 2. The van der Waals surface area contributed by atoms with Crippen molar-refractivity contribution in [1.82, 2.24) is 4.98 Å². The second kappa shape index (κ2) is 3.64. The van der Waals surface area contributed by atoms with E-state index in [1.165, 1.54) is 0 Å². The van der Waals surface area contributed by atoms with Gasteiger partial charge in [-0.05, 0) is 31.2 Å². The molecule has 1 heterocycles. The van der Waals surface area contributed by atoms with Crippen LogP contribution in [0.2, 0.25) is 5.02 Å². The SMILES string of the molecule is CC(O)Cc1cc2cc(Cl)ccc2[nH]1. The molecule has 0 fully saturated rings. The summed E-state index contributed by atoms with van der Waals surface area (Å²) < 4.78 is 0. The van der Waals surface area contributed by atoms with Crippen molar-refractivity contribution in [2.24, 2.45) is 0 Å². The van der Waals surface area contributed by atoms with E-state index < -0.39 is 0 Å². The molecule has 0 aliphatic carbocycles. The minimum absolute atomic E-state index is 0.321. The van der Waals surface area contributed by atoms with Gasteiger partial charge in [0, 0.05) is 28.0 Å². The van der Waals surface area contributed by atoms with Crippen LogP contribution in [-0.4, -0.2) is 16.2 Å². The van der Waals surface area contributed by atoms with Crippen LogP contribution in [0.25, 0.3) is 10.9 Å². The van der Waals surface area contributed by atoms with E-state index in [-0.39, 0.29) is 6.10 Å². The van der Waals surface area contributed by atoms with Crippen molar-refractivity contribution >= 4 is 22.5 Å². The zero-order valence-corrected chi connectivity index (χ0v) is 8.67. The largest absolute Gasteiger partial charge is 0.393 e. The van der Waals surface area contributed by atoms with E-state index in [4.69, 9.17) is 11.6 Å². The topological polar surface area (TPSA) is 36.0 Å². The molecule has 0 saturated carbocycles. The second-order valence-corrected chi connectivity index (χ2v) is 4.02. The Bertz CT molecular complexity index is 447. The van der Waals surface area contributed by atoms with Crippen molar-refractivity contribution in [3.63, 3.8) is 0 Å². The number of aliphatic hydroxyl groups is 1. The van der Waals surface area contributed by atoms with Crippen LogP contribution in [-0.2, 0) is 6.42 Å². The Morgan fingerprint density at radius 3 is 2.93 bits per heavy atom. The predicted molar refractivity (Wildman–Crippen MR) is 58.7 cm³/mol.